The van der Waals surface area contributed by atoms with Crippen LogP contribution in [0.2, 0.25) is 0 Å². The molecule has 0 saturated heterocycles. The first kappa shape index (κ1) is 22.4. The van der Waals surface area contributed by atoms with Crippen LogP contribution in [-0.2, 0) is 5.33 Å². The van der Waals surface area contributed by atoms with Crippen LogP contribution in [0.25, 0.3) is 0 Å². The average molecular weight is 471 g/mol. The van der Waals surface area contributed by atoms with E-state index in [1.54, 1.807) is 0 Å². The van der Waals surface area contributed by atoms with E-state index < -0.39 is 0 Å². The molecule has 0 amide bonds. The monoisotopic (exact) mass is 470 g/mol. The number of carbonyl (C=O) groups is 2. The van der Waals surface area contributed by atoms with Crippen molar-refractivity contribution in [2.24, 2.45) is 0 Å². The molecule has 0 bridgehead atoms. The predicted molar refractivity (Wildman–Crippen MR) is 130 cm³/mol. The Morgan fingerprint density at radius 3 is 1.29 bits per heavy atom. The van der Waals surface area contributed by atoms with Crippen molar-refractivity contribution >= 4 is 27.5 Å². The van der Waals surface area contributed by atoms with Crippen LogP contribution in [0.4, 0.5) is 0 Å². The first-order valence-electron chi connectivity index (χ1n) is 9.99. The van der Waals surface area contributed by atoms with E-state index in [0.29, 0.717) is 0 Å². The second kappa shape index (κ2) is 11.2. The summed E-state index contributed by atoms with van der Waals surface area (Å²) in [5.74, 6) is 0.150. The summed E-state index contributed by atoms with van der Waals surface area (Å²) in [6.45, 7) is 2.01. The fraction of sp³-hybridized carbons (Fsp3) is 0.0714. The van der Waals surface area contributed by atoms with Crippen molar-refractivity contribution in [3.63, 3.8) is 0 Å². The highest BCUT2D eigenvalue weighted by Crippen LogP contribution is 2.13. The van der Waals surface area contributed by atoms with Gasteiger partial charge in [0.05, 0.1) is 0 Å². The number of rotatable bonds is 5. The maximum Gasteiger partial charge on any atom is 0.193 e. The highest BCUT2D eigenvalue weighted by molar-refractivity contribution is 9.08. The second-order valence-corrected chi connectivity index (χ2v) is 7.65. The van der Waals surface area contributed by atoms with Crippen LogP contribution in [0.1, 0.15) is 43.0 Å². The summed E-state index contributed by atoms with van der Waals surface area (Å²) in [6.07, 6.45) is 0. The van der Waals surface area contributed by atoms with E-state index in [-0.39, 0.29) is 11.6 Å². The first-order chi connectivity index (χ1) is 15.1. The Balaban J connectivity index is 0.000000176. The minimum absolute atomic E-state index is 0.0710. The van der Waals surface area contributed by atoms with Crippen LogP contribution in [0.15, 0.2) is 109 Å². The van der Waals surface area contributed by atoms with Crippen LogP contribution < -0.4 is 0 Å². The second-order valence-electron chi connectivity index (χ2n) is 7.09. The van der Waals surface area contributed by atoms with Gasteiger partial charge in [-0.2, -0.15) is 0 Å². The summed E-state index contributed by atoms with van der Waals surface area (Å²) in [5.41, 5.74) is 5.28. The van der Waals surface area contributed by atoms with Crippen LogP contribution in [0, 0.1) is 6.92 Å². The molecule has 0 saturated carbocycles. The zero-order valence-corrected chi connectivity index (χ0v) is 18.9. The molecule has 0 aliphatic heterocycles. The van der Waals surface area contributed by atoms with E-state index in [1.165, 1.54) is 11.1 Å². The summed E-state index contributed by atoms with van der Waals surface area (Å²) in [4.78, 5) is 24.0. The van der Waals surface area contributed by atoms with Gasteiger partial charge in [-0.05, 0) is 12.5 Å². The molecule has 0 atom stereocenters. The molecule has 3 heteroatoms. The number of halogens is 1. The van der Waals surface area contributed by atoms with Crippen molar-refractivity contribution in [3.05, 3.63) is 143 Å². The number of alkyl halides is 1. The Morgan fingerprint density at radius 2 is 0.903 bits per heavy atom. The molecule has 2 nitrogen and oxygen atoms in total. The smallest absolute Gasteiger partial charge is 0.193 e. The lowest BCUT2D eigenvalue weighted by atomic mass is 10.0. The highest BCUT2D eigenvalue weighted by Gasteiger charge is 2.08. The normalized spacial score (nSPS) is 10.0. The zero-order valence-electron chi connectivity index (χ0n) is 17.3. The van der Waals surface area contributed by atoms with Crippen molar-refractivity contribution in [2.45, 2.75) is 12.3 Å². The van der Waals surface area contributed by atoms with Gasteiger partial charge in [-0.15, -0.1) is 0 Å². The minimum Gasteiger partial charge on any atom is -0.289 e. The van der Waals surface area contributed by atoms with Gasteiger partial charge in [0.25, 0.3) is 0 Å². The van der Waals surface area contributed by atoms with E-state index >= 15 is 0 Å². The van der Waals surface area contributed by atoms with Gasteiger partial charge >= 0.3 is 0 Å². The largest absolute Gasteiger partial charge is 0.289 e. The van der Waals surface area contributed by atoms with Crippen molar-refractivity contribution in [1.82, 2.24) is 0 Å². The quantitative estimate of drug-likeness (QED) is 0.231. The summed E-state index contributed by atoms with van der Waals surface area (Å²) in [7, 11) is 0. The standard InChI is InChI=1S/C14H11BrO.C14H12O/c15-10-11-6-8-13(9-7-11)14(16)12-4-2-1-3-5-12;1-11-7-9-13(10-8-11)14(15)12-5-3-2-4-6-12/h1-9H,10H2;2-10H,1H3. The SMILES string of the molecule is Cc1ccc(C(=O)c2ccccc2)cc1.O=C(c1ccccc1)c1ccc(CBr)cc1. The highest BCUT2D eigenvalue weighted by atomic mass is 79.9. The molecule has 31 heavy (non-hydrogen) atoms. The van der Waals surface area contributed by atoms with Crippen LogP contribution in [-0.4, -0.2) is 11.6 Å². The molecule has 0 fully saturated rings. The van der Waals surface area contributed by atoms with Gasteiger partial charge in [-0.1, -0.05) is 131 Å². The van der Waals surface area contributed by atoms with Gasteiger partial charge in [0.1, 0.15) is 0 Å². The molecule has 4 rings (SSSR count). The maximum absolute atomic E-state index is 12.0. The van der Waals surface area contributed by atoms with Gasteiger partial charge in [0.15, 0.2) is 11.6 Å². The number of hydrogen-bond acceptors (Lipinski definition) is 2. The fourth-order valence-corrected chi connectivity index (χ4v) is 3.34. The van der Waals surface area contributed by atoms with Crippen LogP contribution in [0.5, 0.6) is 0 Å². The Labute approximate surface area is 191 Å². The van der Waals surface area contributed by atoms with Crippen molar-refractivity contribution in [3.8, 4) is 0 Å². The fourth-order valence-electron chi connectivity index (χ4n) is 2.96. The average Bonchev–Trinajstić information content (AvgIpc) is 2.85. The summed E-state index contributed by atoms with van der Waals surface area (Å²) < 4.78 is 0. The number of ketones is 2. The van der Waals surface area contributed by atoms with Crippen molar-refractivity contribution in [1.29, 1.82) is 0 Å². The van der Waals surface area contributed by atoms with E-state index in [4.69, 9.17) is 0 Å². The maximum atomic E-state index is 12.0. The Kier molecular flexibility index (Phi) is 8.08. The number of hydrogen-bond donors (Lipinski definition) is 0. The first-order valence-corrected chi connectivity index (χ1v) is 11.1. The minimum atomic E-state index is 0.0710. The third-order valence-corrected chi connectivity index (χ3v) is 5.40. The molecule has 0 aromatic heterocycles. The molecule has 4 aromatic carbocycles. The number of benzene rings is 4. The number of carbonyl (C=O) groups excluding carboxylic acids is 2. The van der Waals surface area contributed by atoms with Crippen LogP contribution in [0.3, 0.4) is 0 Å². The van der Waals surface area contributed by atoms with E-state index in [2.05, 4.69) is 15.9 Å². The summed E-state index contributed by atoms with van der Waals surface area (Å²) in [6, 6.07) is 34.0. The molecule has 154 valence electrons. The van der Waals surface area contributed by atoms with Gasteiger partial charge in [-0.3, -0.25) is 9.59 Å². The zero-order chi connectivity index (χ0) is 22.1. The number of aryl methyl sites for hydroxylation is 1. The Hall–Kier alpha value is -3.30. The predicted octanol–water partition coefficient (Wildman–Crippen LogP) is 7.04. The molecule has 0 aliphatic rings. The van der Waals surface area contributed by atoms with Crippen molar-refractivity contribution in [2.75, 3.05) is 0 Å². The molecule has 0 spiro atoms. The Bertz CT molecular complexity index is 1120. The lowest BCUT2D eigenvalue weighted by Gasteiger charge is -2.01. The third kappa shape index (κ3) is 6.34. The van der Waals surface area contributed by atoms with Gasteiger partial charge in [-0.25, -0.2) is 0 Å². The molecule has 0 heterocycles. The molecular weight excluding hydrogens is 448 g/mol. The van der Waals surface area contributed by atoms with Crippen molar-refractivity contribution < 1.29 is 9.59 Å². The third-order valence-electron chi connectivity index (χ3n) is 4.76. The van der Waals surface area contributed by atoms with E-state index in [1.807, 2.05) is 116 Å². The summed E-state index contributed by atoms with van der Waals surface area (Å²) in [5, 5.41) is 0.812. The lowest BCUT2D eigenvalue weighted by Crippen LogP contribution is -2.00. The molecule has 4 aromatic rings. The lowest BCUT2D eigenvalue weighted by molar-refractivity contribution is 0.103. The van der Waals surface area contributed by atoms with Gasteiger partial charge < -0.3 is 0 Å². The molecular formula is C28H23BrO2. The molecule has 0 N–H and O–H groups in total. The van der Waals surface area contributed by atoms with E-state index in [9.17, 15) is 9.59 Å². The molecule has 0 radical (unpaired) electrons. The molecule has 0 aliphatic carbocycles. The van der Waals surface area contributed by atoms with E-state index in [0.717, 1.165) is 27.6 Å². The van der Waals surface area contributed by atoms with Gasteiger partial charge in [0.2, 0.25) is 0 Å². The summed E-state index contributed by atoms with van der Waals surface area (Å²) >= 11 is 3.38. The Morgan fingerprint density at radius 1 is 0.548 bits per heavy atom. The molecule has 0 unspecified atom stereocenters. The van der Waals surface area contributed by atoms with Crippen LogP contribution >= 0.6 is 15.9 Å². The van der Waals surface area contributed by atoms with Gasteiger partial charge in [0, 0.05) is 27.6 Å². The topological polar surface area (TPSA) is 34.1 Å².